The van der Waals surface area contributed by atoms with Crippen LogP contribution in [-0.4, -0.2) is 65.7 Å². The molecule has 252 valence electrons. The SMILES string of the molecule is COc1cc(O)c2cc1Oc1ccc(cc1)C[C@@H]1NCCc3cc(OC)c(cc31)Oc1c(OC)c(OC)c(OC)c3c1[C@@H](C2)N(C)CC3. The third kappa shape index (κ3) is 5.48. The summed E-state index contributed by atoms with van der Waals surface area (Å²) in [6.45, 7) is 1.60. The molecule has 0 unspecified atom stereocenters. The molecule has 0 spiro atoms. The summed E-state index contributed by atoms with van der Waals surface area (Å²) in [5, 5.41) is 15.0. The summed E-state index contributed by atoms with van der Waals surface area (Å²) in [5.74, 6) is 4.93. The maximum atomic E-state index is 11.3. The summed E-state index contributed by atoms with van der Waals surface area (Å²) in [6, 6.07) is 15.6. The van der Waals surface area contributed by atoms with Crippen molar-refractivity contribution < 1.29 is 38.3 Å². The highest BCUT2D eigenvalue weighted by molar-refractivity contribution is 5.70. The Morgan fingerprint density at radius 3 is 2.17 bits per heavy atom. The van der Waals surface area contributed by atoms with Crippen molar-refractivity contribution in [1.29, 1.82) is 0 Å². The van der Waals surface area contributed by atoms with Gasteiger partial charge in [-0.05, 0) is 91.9 Å². The Labute approximate surface area is 281 Å². The molecule has 4 aliphatic heterocycles. The second-order valence-electron chi connectivity index (χ2n) is 12.4. The van der Waals surface area contributed by atoms with Crippen molar-refractivity contribution in [2.75, 3.05) is 55.7 Å². The largest absolute Gasteiger partial charge is 0.508 e. The van der Waals surface area contributed by atoms with E-state index in [0.717, 1.165) is 48.2 Å². The Kier molecular flexibility index (Phi) is 8.61. The fraction of sp³-hybridized carbons (Fsp3) is 0.368. The molecule has 0 aromatic heterocycles. The topological polar surface area (TPSA) is 100 Å². The molecule has 4 heterocycles. The number of phenolic OH excluding ortho intramolecular Hbond substituents is 1. The first-order chi connectivity index (χ1) is 23.4. The van der Waals surface area contributed by atoms with E-state index in [-0.39, 0.29) is 17.8 Å². The molecular weight excluding hydrogens is 612 g/mol. The van der Waals surface area contributed by atoms with E-state index in [0.29, 0.717) is 70.2 Å². The molecule has 8 rings (SSSR count). The van der Waals surface area contributed by atoms with Crippen molar-refractivity contribution in [1.82, 2.24) is 10.2 Å². The van der Waals surface area contributed by atoms with Gasteiger partial charge in [0.2, 0.25) is 11.5 Å². The van der Waals surface area contributed by atoms with Crippen LogP contribution in [0.3, 0.4) is 0 Å². The number of fused-ring (bicyclic) bond motifs is 2. The van der Waals surface area contributed by atoms with Crippen molar-refractivity contribution in [3.8, 4) is 57.5 Å². The van der Waals surface area contributed by atoms with Gasteiger partial charge in [0.25, 0.3) is 0 Å². The van der Waals surface area contributed by atoms with E-state index >= 15 is 0 Å². The Morgan fingerprint density at radius 2 is 1.46 bits per heavy atom. The summed E-state index contributed by atoms with van der Waals surface area (Å²) in [5.41, 5.74) is 6.08. The number of benzene rings is 4. The molecule has 10 heteroatoms. The highest BCUT2D eigenvalue weighted by Crippen LogP contribution is 2.56. The van der Waals surface area contributed by atoms with Crippen LogP contribution in [0.25, 0.3) is 0 Å². The Bertz CT molecular complexity index is 1840. The van der Waals surface area contributed by atoms with E-state index in [4.69, 9.17) is 33.2 Å². The van der Waals surface area contributed by atoms with Crippen molar-refractivity contribution in [2.45, 2.75) is 37.8 Å². The quantitative estimate of drug-likeness (QED) is 0.247. The molecule has 0 saturated carbocycles. The van der Waals surface area contributed by atoms with Gasteiger partial charge in [0.15, 0.2) is 34.5 Å². The smallest absolute Gasteiger partial charge is 0.208 e. The third-order valence-corrected chi connectivity index (χ3v) is 9.82. The number of hydrogen-bond acceptors (Lipinski definition) is 10. The van der Waals surface area contributed by atoms with Crippen molar-refractivity contribution >= 4 is 0 Å². The van der Waals surface area contributed by atoms with Crippen molar-refractivity contribution in [3.63, 3.8) is 0 Å². The zero-order valence-electron chi connectivity index (χ0n) is 28.3. The van der Waals surface area contributed by atoms with Crippen LogP contribution in [-0.2, 0) is 25.7 Å². The van der Waals surface area contributed by atoms with Crippen LogP contribution in [0, 0.1) is 0 Å². The van der Waals surface area contributed by atoms with Gasteiger partial charge in [-0.15, -0.1) is 0 Å². The van der Waals surface area contributed by atoms with Crippen LogP contribution < -0.4 is 38.5 Å². The van der Waals surface area contributed by atoms with Gasteiger partial charge >= 0.3 is 0 Å². The van der Waals surface area contributed by atoms with E-state index in [1.807, 2.05) is 18.2 Å². The van der Waals surface area contributed by atoms with E-state index in [2.05, 4.69) is 41.5 Å². The lowest BCUT2D eigenvalue weighted by molar-refractivity contribution is 0.215. The van der Waals surface area contributed by atoms with Crippen LogP contribution in [0.5, 0.6) is 57.5 Å². The average Bonchev–Trinajstić information content (AvgIpc) is 3.10. The molecule has 10 nitrogen and oxygen atoms in total. The minimum Gasteiger partial charge on any atom is -0.508 e. The average molecular weight is 655 g/mol. The van der Waals surface area contributed by atoms with E-state index in [1.165, 1.54) is 5.56 Å². The minimum absolute atomic E-state index is 0.0625. The van der Waals surface area contributed by atoms with Crippen LogP contribution >= 0.6 is 0 Å². The first-order valence-corrected chi connectivity index (χ1v) is 16.2. The molecule has 0 saturated heterocycles. The molecule has 0 fully saturated rings. The lowest BCUT2D eigenvalue weighted by Gasteiger charge is -2.38. The van der Waals surface area contributed by atoms with Gasteiger partial charge in [0.05, 0.1) is 35.5 Å². The fourth-order valence-corrected chi connectivity index (χ4v) is 7.38. The van der Waals surface area contributed by atoms with Crippen LogP contribution in [0.4, 0.5) is 0 Å². The number of hydrogen-bond donors (Lipinski definition) is 2. The fourth-order valence-electron chi connectivity index (χ4n) is 7.38. The van der Waals surface area contributed by atoms with Gasteiger partial charge in [-0.2, -0.15) is 0 Å². The molecule has 0 amide bonds. The first kappa shape index (κ1) is 31.8. The third-order valence-electron chi connectivity index (χ3n) is 9.82. The summed E-state index contributed by atoms with van der Waals surface area (Å²) in [7, 11) is 10.1. The van der Waals surface area contributed by atoms with Gasteiger partial charge in [-0.3, -0.25) is 4.90 Å². The van der Waals surface area contributed by atoms with E-state index in [9.17, 15) is 5.11 Å². The number of rotatable bonds is 5. The van der Waals surface area contributed by atoms with Crippen molar-refractivity contribution in [2.24, 2.45) is 0 Å². The molecule has 4 aliphatic rings. The van der Waals surface area contributed by atoms with Crippen molar-refractivity contribution in [3.05, 3.63) is 81.9 Å². The van der Waals surface area contributed by atoms with E-state index < -0.39 is 0 Å². The van der Waals surface area contributed by atoms with Gasteiger partial charge in [-0.1, -0.05) is 12.1 Å². The number of methoxy groups -OCH3 is 5. The Hall–Kier alpha value is -4.80. The van der Waals surface area contributed by atoms with Crippen LogP contribution in [0.2, 0.25) is 0 Å². The molecule has 2 N–H and O–H groups in total. The summed E-state index contributed by atoms with van der Waals surface area (Å²) < 4.78 is 43.0. The molecular formula is C38H42N2O8. The highest BCUT2D eigenvalue weighted by Gasteiger charge is 2.38. The zero-order chi connectivity index (χ0) is 33.5. The number of phenols is 1. The maximum Gasteiger partial charge on any atom is 0.208 e. The van der Waals surface area contributed by atoms with Gasteiger partial charge < -0.3 is 43.6 Å². The standard InChI is InChI=1S/C38H42N2O8/c1-40-14-12-25-34-28(40)16-23-18-32(31(43-3)20-29(23)41)47-24-9-7-21(8-10-24)15-27-26-19-33(30(42-2)17-22(26)11-13-39-27)48-36(34)38(46-6)37(45-5)35(25)44-4/h7-10,17-20,27-28,39,41H,11-16H2,1-6H3/t27-,28+/m0/s1. The number of likely N-dealkylation sites (N-methyl/N-ethyl adjacent to an activating group) is 1. The zero-order valence-corrected chi connectivity index (χ0v) is 28.3. The molecule has 4 aromatic carbocycles. The van der Waals surface area contributed by atoms with E-state index in [1.54, 1.807) is 41.6 Å². The molecule has 4 aromatic rings. The van der Waals surface area contributed by atoms with Gasteiger partial charge in [0.1, 0.15) is 11.5 Å². The summed E-state index contributed by atoms with van der Waals surface area (Å²) in [4.78, 5) is 2.26. The summed E-state index contributed by atoms with van der Waals surface area (Å²) in [6.07, 6.45) is 2.76. The molecule has 0 radical (unpaired) electrons. The molecule has 0 aliphatic carbocycles. The molecule has 48 heavy (non-hydrogen) atoms. The van der Waals surface area contributed by atoms with Crippen LogP contribution in [0.1, 0.15) is 45.5 Å². The highest BCUT2D eigenvalue weighted by atomic mass is 16.6. The lowest BCUT2D eigenvalue weighted by Crippen LogP contribution is -2.34. The minimum atomic E-state index is -0.249. The number of aromatic hydroxyl groups is 1. The first-order valence-electron chi connectivity index (χ1n) is 16.2. The molecule has 2 atom stereocenters. The normalized spacial score (nSPS) is 18.4. The van der Waals surface area contributed by atoms with Gasteiger partial charge in [-0.25, -0.2) is 0 Å². The summed E-state index contributed by atoms with van der Waals surface area (Å²) >= 11 is 0. The van der Waals surface area contributed by atoms with Crippen LogP contribution in [0.15, 0.2) is 48.5 Å². The number of nitrogens with one attached hydrogen (secondary N) is 1. The second kappa shape index (κ2) is 13.0. The Balaban J connectivity index is 1.50. The molecule has 6 bridgehead atoms. The second-order valence-corrected chi connectivity index (χ2v) is 12.4. The maximum absolute atomic E-state index is 11.3. The Morgan fingerprint density at radius 1 is 0.750 bits per heavy atom. The predicted molar refractivity (Wildman–Crippen MR) is 181 cm³/mol. The monoisotopic (exact) mass is 654 g/mol. The number of nitrogens with zero attached hydrogens (tertiary/aromatic N) is 1. The van der Waals surface area contributed by atoms with Gasteiger partial charge in [0, 0.05) is 35.8 Å². The predicted octanol–water partition coefficient (Wildman–Crippen LogP) is 6.53. The number of ether oxygens (including phenoxy) is 7. The lowest BCUT2D eigenvalue weighted by atomic mass is 9.86.